The zero-order valence-corrected chi connectivity index (χ0v) is 11.0. The van der Waals surface area contributed by atoms with Crippen molar-refractivity contribution >= 4 is 45.5 Å². The smallest absolute Gasteiger partial charge is 1.00 e. The molecular weight excluding hydrogens is 299 g/mol. The molecule has 0 bridgehead atoms. The number of rotatable bonds is 0. The van der Waals surface area contributed by atoms with Crippen molar-refractivity contribution in [3.8, 4) is 0 Å². The predicted molar refractivity (Wildman–Crippen MR) is 35.8 cm³/mol. The molecule has 0 heterocycles. The molecule has 0 spiro atoms. The van der Waals surface area contributed by atoms with Gasteiger partial charge in [0, 0.05) is 0 Å². The van der Waals surface area contributed by atoms with E-state index in [1.54, 1.807) is 0 Å². The minimum absolute atomic E-state index is 0. The fourth-order valence-corrected chi connectivity index (χ4v) is 0.483. The number of hydrogen-bond donors (Lipinski definition) is 0. The van der Waals surface area contributed by atoms with Gasteiger partial charge < -0.3 is 24.0 Å². The Kier molecular flexibility index (Phi) is 10.9. The minimum atomic E-state index is 0. The molecule has 9 heavy (non-hydrogen) atoms. The standard InChI is InChI=1S/C7H7.HI.Sr/c1-7-5-3-2-4-6-7;;/h2-3,5-6H,1H3;1H;/q-1;;+2/p-1. The van der Waals surface area contributed by atoms with Gasteiger partial charge in [-0.15, -0.1) is 0 Å². The van der Waals surface area contributed by atoms with Gasteiger partial charge in [0.1, 0.15) is 0 Å². The van der Waals surface area contributed by atoms with Crippen molar-refractivity contribution in [1.29, 1.82) is 0 Å². The van der Waals surface area contributed by atoms with Crippen molar-refractivity contribution in [2.75, 3.05) is 0 Å². The van der Waals surface area contributed by atoms with Crippen molar-refractivity contribution in [2.45, 2.75) is 6.92 Å². The maximum Gasteiger partial charge on any atom is 2.00 e. The van der Waals surface area contributed by atoms with Crippen molar-refractivity contribution in [2.24, 2.45) is 0 Å². The second-order valence-corrected chi connectivity index (χ2v) is 1.58. The Balaban J connectivity index is 0. The summed E-state index contributed by atoms with van der Waals surface area (Å²) < 4.78 is 0. The van der Waals surface area contributed by atoms with Crippen LogP contribution in [-0.4, -0.2) is 45.5 Å². The summed E-state index contributed by atoms with van der Waals surface area (Å²) in [6.07, 6.45) is 0. The molecule has 0 aliphatic carbocycles. The maximum atomic E-state index is 2.96. The summed E-state index contributed by atoms with van der Waals surface area (Å²) in [4.78, 5) is 0. The molecule has 0 atom stereocenters. The number of benzene rings is 1. The fourth-order valence-electron chi connectivity index (χ4n) is 0.483. The molecule has 44 valence electrons. The normalized spacial score (nSPS) is 6.78. The number of halogens is 1. The van der Waals surface area contributed by atoms with Crippen LogP contribution in [0.15, 0.2) is 24.3 Å². The summed E-state index contributed by atoms with van der Waals surface area (Å²) in [6, 6.07) is 10.8. The molecule has 0 unspecified atom stereocenters. The third-order valence-corrected chi connectivity index (χ3v) is 0.863. The Morgan fingerprint density at radius 3 is 2.33 bits per heavy atom. The summed E-state index contributed by atoms with van der Waals surface area (Å²) in [6.45, 7) is 2.05. The predicted octanol–water partition coefficient (Wildman–Crippen LogP) is -1.58. The molecule has 0 aromatic heterocycles. The van der Waals surface area contributed by atoms with Gasteiger partial charge in [-0.2, -0.15) is 35.9 Å². The molecule has 0 saturated carbocycles. The van der Waals surface area contributed by atoms with E-state index in [2.05, 4.69) is 19.1 Å². The van der Waals surface area contributed by atoms with E-state index in [1.807, 2.05) is 18.2 Å². The van der Waals surface area contributed by atoms with Gasteiger partial charge in [0.25, 0.3) is 0 Å². The van der Waals surface area contributed by atoms with E-state index in [1.165, 1.54) is 5.56 Å². The Morgan fingerprint density at radius 2 is 2.11 bits per heavy atom. The van der Waals surface area contributed by atoms with Gasteiger partial charge >= 0.3 is 45.5 Å². The molecule has 0 radical (unpaired) electrons. The van der Waals surface area contributed by atoms with Crippen molar-refractivity contribution < 1.29 is 24.0 Å². The Bertz CT molecular complexity index is 139. The van der Waals surface area contributed by atoms with E-state index in [0.29, 0.717) is 0 Å². The topological polar surface area (TPSA) is 0 Å². The first-order valence-electron chi connectivity index (χ1n) is 2.32. The second-order valence-electron chi connectivity index (χ2n) is 1.58. The zero-order valence-electron chi connectivity index (χ0n) is 5.39. The fraction of sp³-hybridized carbons (Fsp3) is 0.143. The van der Waals surface area contributed by atoms with Gasteiger partial charge in [0.05, 0.1) is 0 Å². The SMILES string of the molecule is Cc1c[c-]ccc1.[I-].[Sr+2]. The van der Waals surface area contributed by atoms with Crippen LogP contribution in [0.4, 0.5) is 0 Å². The monoisotopic (exact) mass is 306 g/mol. The third-order valence-electron chi connectivity index (χ3n) is 0.863. The van der Waals surface area contributed by atoms with E-state index in [9.17, 15) is 0 Å². The van der Waals surface area contributed by atoms with Gasteiger partial charge in [-0.25, -0.2) is 0 Å². The molecular formula is C7H7ISr. The molecule has 1 rings (SSSR count). The largest absolute Gasteiger partial charge is 2.00 e. The third kappa shape index (κ3) is 5.85. The van der Waals surface area contributed by atoms with Gasteiger partial charge in [-0.05, 0) is 0 Å². The summed E-state index contributed by atoms with van der Waals surface area (Å²) in [7, 11) is 0. The number of aryl methyl sites for hydroxylation is 1. The second kappa shape index (κ2) is 7.54. The quantitative estimate of drug-likeness (QED) is 0.308. The minimum Gasteiger partial charge on any atom is -1.00 e. The average Bonchev–Trinajstić information content (AvgIpc) is 1.69. The van der Waals surface area contributed by atoms with Crippen LogP contribution in [-0.2, 0) is 0 Å². The van der Waals surface area contributed by atoms with Crippen LogP contribution in [0, 0.1) is 13.0 Å². The Morgan fingerprint density at radius 1 is 1.44 bits per heavy atom. The first-order valence-corrected chi connectivity index (χ1v) is 2.32. The molecule has 0 nitrogen and oxygen atoms in total. The van der Waals surface area contributed by atoms with Gasteiger partial charge in [0.2, 0.25) is 0 Å². The molecule has 1 aromatic rings. The first-order chi connectivity index (χ1) is 3.39. The van der Waals surface area contributed by atoms with E-state index in [4.69, 9.17) is 0 Å². The molecule has 0 N–H and O–H groups in total. The maximum absolute atomic E-state index is 2.96. The van der Waals surface area contributed by atoms with Crippen LogP contribution in [0.25, 0.3) is 0 Å². The summed E-state index contributed by atoms with van der Waals surface area (Å²) in [5.41, 5.74) is 1.27. The summed E-state index contributed by atoms with van der Waals surface area (Å²) in [5.74, 6) is 0. The van der Waals surface area contributed by atoms with Crippen LogP contribution in [0.2, 0.25) is 0 Å². The molecule has 2 heteroatoms. The van der Waals surface area contributed by atoms with Crippen LogP contribution in [0.1, 0.15) is 5.56 Å². The number of hydrogen-bond acceptors (Lipinski definition) is 0. The van der Waals surface area contributed by atoms with Crippen LogP contribution >= 0.6 is 0 Å². The van der Waals surface area contributed by atoms with Gasteiger partial charge in [0.15, 0.2) is 0 Å². The van der Waals surface area contributed by atoms with Crippen LogP contribution < -0.4 is 24.0 Å². The van der Waals surface area contributed by atoms with Crippen molar-refractivity contribution in [3.63, 3.8) is 0 Å². The van der Waals surface area contributed by atoms with Gasteiger partial charge in [-0.1, -0.05) is 6.92 Å². The molecule has 0 aliphatic rings. The molecule has 1 aromatic carbocycles. The van der Waals surface area contributed by atoms with E-state index in [-0.39, 0.29) is 69.5 Å². The molecule has 0 fully saturated rings. The Labute approximate surface area is 110 Å². The van der Waals surface area contributed by atoms with E-state index >= 15 is 0 Å². The summed E-state index contributed by atoms with van der Waals surface area (Å²) in [5, 5.41) is 0. The van der Waals surface area contributed by atoms with Crippen molar-refractivity contribution in [1.82, 2.24) is 0 Å². The average molecular weight is 306 g/mol. The van der Waals surface area contributed by atoms with E-state index < -0.39 is 0 Å². The van der Waals surface area contributed by atoms with Gasteiger partial charge in [-0.3, -0.25) is 0 Å². The molecule has 0 amide bonds. The zero-order chi connectivity index (χ0) is 5.11. The van der Waals surface area contributed by atoms with E-state index in [0.717, 1.165) is 0 Å². The summed E-state index contributed by atoms with van der Waals surface area (Å²) >= 11 is 0. The van der Waals surface area contributed by atoms with Crippen molar-refractivity contribution in [3.05, 3.63) is 35.9 Å². The molecule has 0 aliphatic heterocycles. The molecule has 0 saturated heterocycles. The van der Waals surface area contributed by atoms with Crippen LogP contribution in [0.5, 0.6) is 0 Å². The van der Waals surface area contributed by atoms with Crippen LogP contribution in [0.3, 0.4) is 0 Å². The Hall–Kier alpha value is 1.43. The first kappa shape index (κ1) is 13.1.